The molecule has 0 radical (unpaired) electrons. The van der Waals surface area contributed by atoms with Gasteiger partial charge < -0.3 is 9.47 Å². The third-order valence-corrected chi connectivity index (χ3v) is 5.86. The topological polar surface area (TPSA) is 84.9 Å². The van der Waals surface area contributed by atoms with Crippen LogP contribution in [0, 0.1) is 0 Å². The average Bonchev–Trinajstić information content (AvgIpc) is 2.82. The van der Waals surface area contributed by atoms with E-state index in [1.807, 2.05) is 37.3 Å². The Balaban J connectivity index is 1.67. The van der Waals surface area contributed by atoms with Crippen molar-refractivity contribution in [2.24, 2.45) is 0 Å². The number of benzene rings is 3. The number of hydrogen-bond acceptors (Lipinski definition) is 5. The van der Waals surface area contributed by atoms with E-state index in [0.29, 0.717) is 39.8 Å². The summed E-state index contributed by atoms with van der Waals surface area (Å²) in [5.74, 6) is -0.625. The Morgan fingerprint density at radius 2 is 1.77 bits per heavy atom. The van der Waals surface area contributed by atoms with Gasteiger partial charge >= 0.3 is 6.03 Å². The molecule has 7 nitrogen and oxygen atoms in total. The summed E-state index contributed by atoms with van der Waals surface area (Å²) in [5.41, 5.74) is 1.53. The van der Waals surface area contributed by atoms with Crippen molar-refractivity contribution >= 4 is 57.1 Å². The number of amides is 4. The molecule has 1 fully saturated rings. The molecule has 0 unspecified atom stereocenters. The van der Waals surface area contributed by atoms with Crippen LogP contribution in [0.5, 0.6) is 11.5 Å². The number of imide groups is 2. The summed E-state index contributed by atoms with van der Waals surface area (Å²) in [6.45, 7) is 2.55. The number of nitrogens with one attached hydrogen (secondary N) is 1. The van der Waals surface area contributed by atoms with Gasteiger partial charge in [0.25, 0.3) is 11.8 Å². The monoisotopic (exact) mass is 554 g/mol. The van der Waals surface area contributed by atoms with Crippen molar-refractivity contribution < 1.29 is 23.9 Å². The van der Waals surface area contributed by atoms with E-state index in [2.05, 4.69) is 21.2 Å². The van der Waals surface area contributed by atoms with Crippen LogP contribution >= 0.6 is 27.5 Å². The van der Waals surface area contributed by atoms with Crippen LogP contribution in [0.1, 0.15) is 18.1 Å². The second-order valence-corrected chi connectivity index (χ2v) is 8.77. The second kappa shape index (κ2) is 10.8. The highest BCUT2D eigenvalue weighted by Gasteiger charge is 2.37. The molecule has 0 aliphatic carbocycles. The lowest BCUT2D eigenvalue weighted by Gasteiger charge is -2.26. The van der Waals surface area contributed by atoms with Crippen molar-refractivity contribution in [3.05, 3.63) is 92.9 Å². The van der Waals surface area contributed by atoms with E-state index >= 15 is 0 Å². The molecule has 0 saturated carbocycles. The molecule has 0 aromatic heterocycles. The summed E-state index contributed by atoms with van der Waals surface area (Å²) in [6.07, 6.45) is 1.40. The zero-order valence-corrected chi connectivity index (χ0v) is 20.9. The van der Waals surface area contributed by atoms with E-state index < -0.39 is 17.8 Å². The van der Waals surface area contributed by atoms with E-state index in [0.717, 1.165) is 10.5 Å². The average molecular weight is 556 g/mol. The molecule has 3 aromatic carbocycles. The van der Waals surface area contributed by atoms with Gasteiger partial charge in [-0.2, -0.15) is 0 Å². The van der Waals surface area contributed by atoms with Crippen LogP contribution in [0.3, 0.4) is 0 Å². The first-order valence-electron chi connectivity index (χ1n) is 10.7. The number of urea groups is 1. The fraction of sp³-hybridized carbons (Fsp3) is 0.115. The fourth-order valence-corrected chi connectivity index (χ4v) is 4.24. The summed E-state index contributed by atoms with van der Waals surface area (Å²) in [5, 5.41) is 2.55. The lowest BCUT2D eigenvalue weighted by Crippen LogP contribution is -2.54. The van der Waals surface area contributed by atoms with Gasteiger partial charge in [0.2, 0.25) is 0 Å². The van der Waals surface area contributed by atoms with Crippen LogP contribution in [0.15, 0.2) is 76.8 Å². The molecule has 1 saturated heterocycles. The SMILES string of the molecule is CCOc1cc(/C=C2\C(=O)NC(=O)N(c3cccc(Cl)c3)C2=O)cc(Br)c1OCc1ccccc1. The summed E-state index contributed by atoms with van der Waals surface area (Å²) < 4.78 is 12.3. The molecular formula is C26H20BrClN2O5. The lowest BCUT2D eigenvalue weighted by atomic mass is 10.1. The van der Waals surface area contributed by atoms with Gasteiger partial charge in [0.1, 0.15) is 12.2 Å². The van der Waals surface area contributed by atoms with Crippen LogP contribution in [0.2, 0.25) is 5.02 Å². The van der Waals surface area contributed by atoms with E-state index in [-0.39, 0.29) is 11.3 Å². The molecule has 0 bridgehead atoms. The van der Waals surface area contributed by atoms with E-state index in [1.165, 1.54) is 12.1 Å². The minimum Gasteiger partial charge on any atom is -0.490 e. The highest BCUT2D eigenvalue weighted by atomic mass is 79.9. The standard InChI is InChI=1S/C26H20BrClN2O5/c1-2-34-22-13-17(12-21(27)23(22)35-15-16-7-4-3-5-8-16)11-20-24(31)29-26(33)30(25(20)32)19-10-6-9-18(28)14-19/h3-14H,2,15H2,1H3,(H,29,31,33)/b20-11+. The summed E-state index contributed by atoms with van der Waals surface area (Å²) in [6, 6.07) is 18.5. The van der Waals surface area contributed by atoms with Crippen LogP contribution in [-0.4, -0.2) is 24.5 Å². The van der Waals surface area contributed by atoms with Crippen LogP contribution in [0.25, 0.3) is 6.08 Å². The highest BCUT2D eigenvalue weighted by molar-refractivity contribution is 9.10. The minimum atomic E-state index is -0.847. The minimum absolute atomic E-state index is 0.211. The number of barbiturate groups is 1. The number of carbonyl (C=O) groups is 3. The maximum Gasteiger partial charge on any atom is 0.335 e. The molecule has 3 aromatic rings. The van der Waals surface area contributed by atoms with Gasteiger partial charge in [-0.15, -0.1) is 0 Å². The fourth-order valence-electron chi connectivity index (χ4n) is 3.48. The molecule has 4 rings (SSSR count). The Morgan fingerprint density at radius 3 is 2.49 bits per heavy atom. The predicted molar refractivity (Wildman–Crippen MR) is 137 cm³/mol. The quantitative estimate of drug-likeness (QED) is 0.297. The number of nitrogens with zero attached hydrogens (tertiary/aromatic N) is 1. The first-order valence-corrected chi connectivity index (χ1v) is 11.8. The van der Waals surface area contributed by atoms with Gasteiger partial charge in [-0.25, -0.2) is 9.69 Å². The first-order chi connectivity index (χ1) is 16.9. The van der Waals surface area contributed by atoms with Gasteiger partial charge in [-0.1, -0.05) is 48.0 Å². The number of rotatable bonds is 7. The van der Waals surface area contributed by atoms with Crippen molar-refractivity contribution in [3.8, 4) is 11.5 Å². The number of halogens is 2. The predicted octanol–water partition coefficient (Wildman–Crippen LogP) is 5.75. The maximum absolute atomic E-state index is 13.1. The number of hydrogen-bond donors (Lipinski definition) is 1. The first kappa shape index (κ1) is 24.5. The van der Waals surface area contributed by atoms with E-state index in [9.17, 15) is 14.4 Å². The highest BCUT2D eigenvalue weighted by Crippen LogP contribution is 2.38. The number of carbonyl (C=O) groups excluding carboxylic acids is 3. The van der Waals surface area contributed by atoms with E-state index in [1.54, 1.807) is 30.3 Å². The Kier molecular flexibility index (Phi) is 7.53. The third-order valence-electron chi connectivity index (χ3n) is 5.04. The molecule has 1 aliphatic heterocycles. The summed E-state index contributed by atoms with van der Waals surface area (Å²) in [7, 11) is 0. The summed E-state index contributed by atoms with van der Waals surface area (Å²) in [4.78, 5) is 39.0. The Labute approximate surface area is 215 Å². The van der Waals surface area contributed by atoms with Gasteiger partial charge in [0.15, 0.2) is 11.5 Å². The summed E-state index contributed by atoms with van der Waals surface area (Å²) >= 11 is 9.52. The smallest absolute Gasteiger partial charge is 0.335 e. The van der Waals surface area contributed by atoms with E-state index in [4.69, 9.17) is 21.1 Å². The van der Waals surface area contributed by atoms with Crippen molar-refractivity contribution in [2.75, 3.05) is 11.5 Å². The Bertz CT molecular complexity index is 1330. The maximum atomic E-state index is 13.1. The largest absolute Gasteiger partial charge is 0.490 e. The molecule has 9 heteroatoms. The van der Waals surface area contributed by atoms with Gasteiger partial charge in [0.05, 0.1) is 16.8 Å². The Morgan fingerprint density at radius 1 is 1.00 bits per heavy atom. The van der Waals surface area contributed by atoms with Gasteiger partial charge in [-0.05, 0) is 70.4 Å². The Hall–Kier alpha value is -3.62. The van der Waals surface area contributed by atoms with Gasteiger partial charge in [0, 0.05) is 5.02 Å². The molecule has 1 heterocycles. The molecule has 4 amide bonds. The number of anilines is 1. The molecular weight excluding hydrogens is 536 g/mol. The van der Waals surface area contributed by atoms with Crippen molar-refractivity contribution in [1.82, 2.24) is 5.32 Å². The van der Waals surface area contributed by atoms with Crippen molar-refractivity contribution in [3.63, 3.8) is 0 Å². The van der Waals surface area contributed by atoms with Crippen LogP contribution in [-0.2, 0) is 16.2 Å². The third kappa shape index (κ3) is 5.55. The normalized spacial score (nSPS) is 14.8. The molecule has 1 N–H and O–H groups in total. The van der Waals surface area contributed by atoms with Crippen LogP contribution in [0.4, 0.5) is 10.5 Å². The molecule has 178 valence electrons. The van der Waals surface area contributed by atoms with Gasteiger partial charge in [-0.3, -0.25) is 14.9 Å². The molecule has 0 atom stereocenters. The lowest BCUT2D eigenvalue weighted by molar-refractivity contribution is -0.122. The van der Waals surface area contributed by atoms with Crippen molar-refractivity contribution in [1.29, 1.82) is 0 Å². The van der Waals surface area contributed by atoms with Crippen LogP contribution < -0.4 is 19.7 Å². The number of ether oxygens (including phenoxy) is 2. The molecule has 1 aliphatic rings. The van der Waals surface area contributed by atoms with Crippen molar-refractivity contribution in [2.45, 2.75) is 13.5 Å². The molecule has 35 heavy (non-hydrogen) atoms. The molecule has 0 spiro atoms. The second-order valence-electron chi connectivity index (χ2n) is 7.47. The zero-order valence-electron chi connectivity index (χ0n) is 18.6. The zero-order chi connectivity index (χ0) is 24.9.